The van der Waals surface area contributed by atoms with Crippen molar-refractivity contribution in [3.05, 3.63) is 24.3 Å². The van der Waals surface area contributed by atoms with Gasteiger partial charge in [-0.25, -0.2) is 4.98 Å². The molecule has 5 heteroatoms. The first-order chi connectivity index (χ1) is 7.20. The molecule has 15 heavy (non-hydrogen) atoms. The highest BCUT2D eigenvalue weighted by Crippen LogP contribution is 2.11. The van der Waals surface area contributed by atoms with Gasteiger partial charge in [0.1, 0.15) is 11.6 Å². The maximum absolute atomic E-state index is 11.8. The van der Waals surface area contributed by atoms with Crippen molar-refractivity contribution in [2.45, 2.75) is 13.3 Å². The lowest BCUT2D eigenvalue weighted by molar-refractivity contribution is -0.143. The van der Waals surface area contributed by atoms with Gasteiger partial charge in [-0.3, -0.25) is 14.6 Å². The number of nitrogens with zero attached hydrogens (tertiary/aromatic N) is 2. The molecule has 0 amide bonds. The molecular formula is C10H12N2O3. The summed E-state index contributed by atoms with van der Waals surface area (Å²) in [6.07, 6.45) is 4.61. The summed E-state index contributed by atoms with van der Waals surface area (Å²) in [4.78, 5) is 30.7. The van der Waals surface area contributed by atoms with Crippen molar-refractivity contribution in [3.8, 4) is 0 Å². The third-order valence-electron chi connectivity index (χ3n) is 2.03. The van der Waals surface area contributed by atoms with Crippen LogP contribution in [-0.2, 0) is 9.53 Å². The van der Waals surface area contributed by atoms with Crippen molar-refractivity contribution in [1.82, 2.24) is 9.97 Å². The number of carbonyl (C=O) groups is 2. The van der Waals surface area contributed by atoms with Crippen LogP contribution in [0.4, 0.5) is 0 Å². The van der Waals surface area contributed by atoms with Crippen LogP contribution in [0.2, 0.25) is 0 Å². The van der Waals surface area contributed by atoms with E-state index >= 15 is 0 Å². The summed E-state index contributed by atoms with van der Waals surface area (Å²) in [5.41, 5.74) is 0.190. The van der Waals surface area contributed by atoms with Crippen LogP contribution in [0.3, 0.4) is 0 Å². The van der Waals surface area contributed by atoms with E-state index in [1.165, 1.54) is 25.7 Å². The summed E-state index contributed by atoms with van der Waals surface area (Å²) in [5.74, 6) is -1.67. The highest BCUT2D eigenvalue weighted by molar-refractivity contribution is 6.07. The molecule has 1 heterocycles. The SMILES string of the molecule is CC[C@@H](C(=O)OC)C(=O)c1cnccn1. The Labute approximate surface area is 87.5 Å². The predicted molar refractivity (Wildman–Crippen MR) is 52.2 cm³/mol. The van der Waals surface area contributed by atoms with E-state index in [0.29, 0.717) is 6.42 Å². The molecule has 1 aromatic rings. The number of aromatic nitrogens is 2. The summed E-state index contributed by atoms with van der Waals surface area (Å²) in [6.45, 7) is 1.75. The van der Waals surface area contributed by atoms with Crippen LogP contribution < -0.4 is 0 Å². The molecule has 0 saturated heterocycles. The second kappa shape index (κ2) is 5.19. The van der Waals surface area contributed by atoms with Gasteiger partial charge < -0.3 is 4.74 Å². The molecule has 0 saturated carbocycles. The number of methoxy groups -OCH3 is 1. The van der Waals surface area contributed by atoms with Crippen molar-refractivity contribution < 1.29 is 14.3 Å². The zero-order valence-corrected chi connectivity index (χ0v) is 8.64. The van der Waals surface area contributed by atoms with E-state index in [-0.39, 0.29) is 11.5 Å². The number of rotatable bonds is 4. The van der Waals surface area contributed by atoms with Gasteiger partial charge >= 0.3 is 5.97 Å². The minimum atomic E-state index is -0.785. The highest BCUT2D eigenvalue weighted by atomic mass is 16.5. The van der Waals surface area contributed by atoms with Gasteiger partial charge in [-0.15, -0.1) is 0 Å². The van der Waals surface area contributed by atoms with Gasteiger partial charge in [0, 0.05) is 12.4 Å². The minimum absolute atomic E-state index is 0.190. The van der Waals surface area contributed by atoms with Crippen molar-refractivity contribution in [3.63, 3.8) is 0 Å². The number of Topliss-reactive ketones (excluding diaryl/α,β-unsaturated/α-hetero) is 1. The second-order valence-corrected chi connectivity index (χ2v) is 2.94. The Morgan fingerprint density at radius 1 is 1.47 bits per heavy atom. The zero-order valence-electron chi connectivity index (χ0n) is 8.64. The summed E-state index contributed by atoms with van der Waals surface area (Å²) in [7, 11) is 1.26. The lowest BCUT2D eigenvalue weighted by Crippen LogP contribution is -2.25. The Morgan fingerprint density at radius 3 is 2.67 bits per heavy atom. The number of carbonyl (C=O) groups excluding carboxylic acids is 2. The molecule has 1 atom stereocenters. The maximum Gasteiger partial charge on any atom is 0.316 e. The van der Waals surface area contributed by atoms with Crippen LogP contribution >= 0.6 is 0 Å². The molecule has 0 aromatic carbocycles. The Kier molecular flexibility index (Phi) is 3.91. The van der Waals surface area contributed by atoms with Gasteiger partial charge in [0.25, 0.3) is 0 Å². The summed E-state index contributed by atoms with van der Waals surface area (Å²) in [5, 5.41) is 0. The Morgan fingerprint density at radius 2 is 2.20 bits per heavy atom. The molecule has 0 aliphatic rings. The smallest absolute Gasteiger partial charge is 0.316 e. The fourth-order valence-corrected chi connectivity index (χ4v) is 1.21. The fourth-order valence-electron chi connectivity index (χ4n) is 1.21. The Hall–Kier alpha value is -1.78. The fraction of sp³-hybridized carbons (Fsp3) is 0.400. The average molecular weight is 208 g/mol. The molecule has 0 bridgehead atoms. The lowest BCUT2D eigenvalue weighted by Gasteiger charge is -2.09. The molecule has 0 radical (unpaired) electrons. The number of esters is 1. The van der Waals surface area contributed by atoms with Crippen LogP contribution in [0.5, 0.6) is 0 Å². The molecule has 0 unspecified atom stereocenters. The Balaban J connectivity index is 2.87. The highest BCUT2D eigenvalue weighted by Gasteiger charge is 2.27. The van der Waals surface area contributed by atoms with E-state index in [2.05, 4.69) is 14.7 Å². The third kappa shape index (κ3) is 2.59. The van der Waals surface area contributed by atoms with Gasteiger partial charge in [-0.2, -0.15) is 0 Å². The first-order valence-electron chi connectivity index (χ1n) is 4.58. The summed E-state index contributed by atoms with van der Waals surface area (Å²) in [6, 6.07) is 0. The molecular weight excluding hydrogens is 196 g/mol. The van der Waals surface area contributed by atoms with Gasteiger partial charge in [-0.1, -0.05) is 6.92 Å². The van der Waals surface area contributed by atoms with E-state index in [4.69, 9.17) is 0 Å². The van der Waals surface area contributed by atoms with Crippen molar-refractivity contribution >= 4 is 11.8 Å². The molecule has 0 N–H and O–H groups in total. The second-order valence-electron chi connectivity index (χ2n) is 2.94. The van der Waals surface area contributed by atoms with E-state index < -0.39 is 11.9 Å². The van der Waals surface area contributed by atoms with E-state index in [0.717, 1.165) is 0 Å². The molecule has 0 aliphatic carbocycles. The summed E-state index contributed by atoms with van der Waals surface area (Å²) < 4.78 is 4.54. The maximum atomic E-state index is 11.8. The normalized spacial score (nSPS) is 11.9. The van der Waals surface area contributed by atoms with Crippen LogP contribution in [0.15, 0.2) is 18.6 Å². The molecule has 80 valence electrons. The standard InChI is InChI=1S/C10H12N2O3/c1-3-7(10(14)15-2)9(13)8-6-11-4-5-12-8/h4-7H,3H2,1-2H3/t7-/m1/s1. The molecule has 1 aromatic heterocycles. The van der Waals surface area contributed by atoms with Crippen molar-refractivity contribution in [1.29, 1.82) is 0 Å². The monoisotopic (exact) mass is 208 g/mol. The third-order valence-corrected chi connectivity index (χ3v) is 2.03. The zero-order chi connectivity index (χ0) is 11.3. The molecule has 0 aliphatic heterocycles. The average Bonchev–Trinajstić information content (AvgIpc) is 2.30. The minimum Gasteiger partial charge on any atom is -0.468 e. The first-order valence-corrected chi connectivity index (χ1v) is 4.58. The van der Waals surface area contributed by atoms with Gasteiger partial charge in [-0.05, 0) is 6.42 Å². The van der Waals surface area contributed by atoms with E-state index in [1.54, 1.807) is 6.92 Å². The molecule has 0 spiro atoms. The molecule has 5 nitrogen and oxygen atoms in total. The van der Waals surface area contributed by atoms with E-state index in [1.807, 2.05) is 0 Å². The topological polar surface area (TPSA) is 69.2 Å². The van der Waals surface area contributed by atoms with Crippen LogP contribution in [0.25, 0.3) is 0 Å². The Bertz CT molecular complexity index is 351. The lowest BCUT2D eigenvalue weighted by atomic mass is 9.99. The largest absolute Gasteiger partial charge is 0.468 e. The van der Waals surface area contributed by atoms with Crippen molar-refractivity contribution in [2.75, 3.05) is 7.11 Å². The van der Waals surface area contributed by atoms with E-state index in [9.17, 15) is 9.59 Å². The molecule has 1 rings (SSSR count). The van der Waals surface area contributed by atoms with Crippen LogP contribution in [0, 0.1) is 5.92 Å². The number of hydrogen-bond acceptors (Lipinski definition) is 5. The van der Waals surface area contributed by atoms with Crippen molar-refractivity contribution in [2.24, 2.45) is 5.92 Å². The molecule has 0 fully saturated rings. The van der Waals surface area contributed by atoms with Crippen LogP contribution in [-0.4, -0.2) is 28.8 Å². The number of ketones is 1. The predicted octanol–water partition coefficient (Wildman–Crippen LogP) is 0.859. The number of ether oxygens (including phenoxy) is 1. The van der Waals surface area contributed by atoms with Crippen LogP contribution in [0.1, 0.15) is 23.8 Å². The van der Waals surface area contributed by atoms with Gasteiger partial charge in [0.2, 0.25) is 0 Å². The van der Waals surface area contributed by atoms with Gasteiger partial charge in [0.05, 0.1) is 13.3 Å². The summed E-state index contributed by atoms with van der Waals surface area (Å²) >= 11 is 0. The first kappa shape index (κ1) is 11.3. The van der Waals surface area contributed by atoms with Gasteiger partial charge in [0.15, 0.2) is 5.78 Å². The number of hydrogen-bond donors (Lipinski definition) is 0. The quantitative estimate of drug-likeness (QED) is 0.417.